The molecule has 0 bridgehead atoms. The zero-order chi connectivity index (χ0) is 23.4. The van der Waals surface area contributed by atoms with E-state index in [1.807, 2.05) is 6.07 Å². The Kier molecular flexibility index (Phi) is 6.67. The fourth-order valence-electron chi connectivity index (χ4n) is 2.81. The normalized spacial score (nSPS) is 11.6. The highest BCUT2D eigenvalue weighted by Gasteiger charge is 2.22. The van der Waals surface area contributed by atoms with E-state index >= 15 is 0 Å². The number of benzene rings is 2. The molecule has 0 aliphatic carbocycles. The molecule has 0 fully saturated rings. The molecular formula is C23H23N3O5S. The van der Waals surface area contributed by atoms with Crippen LogP contribution in [0, 0.1) is 11.3 Å². The minimum absolute atomic E-state index is 0.0370. The second-order valence-corrected chi connectivity index (χ2v) is 9.68. The number of amides is 1. The minimum atomic E-state index is -3.74. The van der Waals surface area contributed by atoms with Crippen molar-refractivity contribution in [2.75, 3.05) is 5.32 Å². The second kappa shape index (κ2) is 9.26. The van der Waals surface area contributed by atoms with Crippen molar-refractivity contribution in [2.45, 2.75) is 37.8 Å². The number of sulfonamides is 1. The number of nitrogens with zero attached hydrogens (tertiary/aromatic N) is 1. The molecule has 1 aromatic heterocycles. The van der Waals surface area contributed by atoms with Gasteiger partial charge < -0.3 is 14.5 Å². The monoisotopic (exact) mass is 453 g/mol. The van der Waals surface area contributed by atoms with Crippen molar-refractivity contribution in [3.8, 4) is 11.8 Å². The summed E-state index contributed by atoms with van der Waals surface area (Å²) in [5.74, 6) is 0.318. The van der Waals surface area contributed by atoms with Crippen molar-refractivity contribution in [2.24, 2.45) is 0 Å². The van der Waals surface area contributed by atoms with Gasteiger partial charge in [0.05, 0.1) is 10.5 Å². The van der Waals surface area contributed by atoms with Crippen LogP contribution in [-0.4, -0.2) is 19.9 Å². The number of rotatable bonds is 7. The van der Waals surface area contributed by atoms with Crippen molar-refractivity contribution >= 4 is 21.6 Å². The fourth-order valence-corrected chi connectivity index (χ4v) is 4.27. The van der Waals surface area contributed by atoms with Crippen molar-refractivity contribution in [3.63, 3.8) is 0 Å². The Balaban J connectivity index is 1.67. The molecule has 0 radical (unpaired) electrons. The molecule has 1 heterocycles. The molecule has 8 nitrogen and oxygen atoms in total. The first kappa shape index (κ1) is 23.1. The van der Waals surface area contributed by atoms with Crippen molar-refractivity contribution in [1.82, 2.24) is 4.72 Å². The van der Waals surface area contributed by atoms with Gasteiger partial charge in [-0.1, -0.05) is 18.2 Å². The third kappa shape index (κ3) is 5.97. The predicted molar refractivity (Wildman–Crippen MR) is 119 cm³/mol. The molecule has 1 amide bonds. The lowest BCUT2D eigenvalue weighted by atomic mass is 10.1. The predicted octanol–water partition coefficient (Wildman–Crippen LogP) is 4.06. The van der Waals surface area contributed by atoms with Gasteiger partial charge in [0, 0.05) is 11.2 Å². The third-order valence-corrected chi connectivity index (χ3v) is 5.86. The number of para-hydroxylation sites is 1. The molecule has 166 valence electrons. The molecule has 2 N–H and O–H groups in total. The molecule has 2 aromatic carbocycles. The fraction of sp³-hybridized carbons (Fsp3) is 0.217. The molecule has 0 unspecified atom stereocenters. The maximum Gasteiger partial charge on any atom is 0.291 e. The van der Waals surface area contributed by atoms with E-state index in [0.717, 1.165) is 0 Å². The first-order valence-corrected chi connectivity index (χ1v) is 11.2. The number of carbonyl (C=O) groups excluding carboxylic acids is 1. The van der Waals surface area contributed by atoms with Crippen molar-refractivity contribution in [1.29, 1.82) is 5.26 Å². The van der Waals surface area contributed by atoms with Gasteiger partial charge in [-0.15, -0.1) is 0 Å². The average molecular weight is 454 g/mol. The Morgan fingerprint density at radius 3 is 2.56 bits per heavy atom. The van der Waals surface area contributed by atoms with Crippen LogP contribution >= 0.6 is 0 Å². The lowest BCUT2D eigenvalue weighted by molar-refractivity contribution is 0.0992. The molecule has 0 saturated heterocycles. The van der Waals surface area contributed by atoms with E-state index in [1.165, 1.54) is 18.2 Å². The van der Waals surface area contributed by atoms with Gasteiger partial charge in [0.1, 0.15) is 24.2 Å². The van der Waals surface area contributed by atoms with Crippen LogP contribution in [0.1, 0.15) is 42.6 Å². The number of hydrogen-bond acceptors (Lipinski definition) is 6. The zero-order valence-electron chi connectivity index (χ0n) is 17.9. The molecule has 9 heteroatoms. The summed E-state index contributed by atoms with van der Waals surface area (Å²) in [6.45, 7) is 5.27. The van der Waals surface area contributed by atoms with Gasteiger partial charge >= 0.3 is 0 Å². The van der Waals surface area contributed by atoms with Crippen LogP contribution in [0.15, 0.2) is 70.0 Å². The first-order chi connectivity index (χ1) is 15.1. The number of anilines is 1. The Morgan fingerprint density at radius 2 is 1.84 bits per heavy atom. The van der Waals surface area contributed by atoms with E-state index in [-0.39, 0.29) is 17.3 Å². The van der Waals surface area contributed by atoms with Gasteiger partial charge in [-0.2, -0.15) is 5.26 Å². The summed E-state index contributed by atoms with van der Waals surface area (Å²) in [6, 6.07) is 17.9. The van der Waals surface area contributed by atoms with E-state index < -0.39 is 21.5 Å². The van der Waals surface area contributed by atoms with Crippen LogP contribution < -0.4 is 14.8 Å². The molecule has 0 saturated carbocycles. The number of nitriles is 1. The van der Waals surface area contributed by atoms with E-state index in [0.29, 0.717) is 22.8 Å². The second-order valence-electron chi connectivity index (χ2n) is 8.00. The smallest absolute Gasteiger partial charge is 0.291 e. The summed E-state index contributed by atoms with van der Waals surface area (Å²) in [7, 11) is -3.74. The van der Waals surface area contributed by atoms with Gasteiger partial charge in [0.15, 0.2) is 5.76 Å². The van der Waals surface area contributed by atoms with Crippen LogP contribution in [0.4, 0.5) is 5.69 Å². The molecule has 0 aliphatic rings. The van der Waals surface area contributed by atoms with Gasteiger partial charge in [-0.25, -0.2) is 13.1 Å². The maximum atomic E-state index is 12.5. The highest BCUT2D eigenvalue weighted by atomic mass is 32.2. The van der Waals surface area contributed by atoms with Crippen LogP contribution in [0.2, 0.25) is 0 Å². The summed E-state index contributed by atoms with van der Waals surface area (Å²) < 4.78 is 38.7. The highest BCUT2D eigenvalue weighted by Crippen LogP contribution is 2.21. The van der Waals surface area contributed by atoms with Gasteiger partial charge in [0.2, 0.25) is 10.0 Å². The molecule has 0 atom stereocenters. The summed E-state index contributed by atoms with van der Waals surface area (Å²) in [5, 5.41) is 11.7. The van der Waals surface area contributed by atoms with Crippen molar-refractivity contribution < 1.29 is 22.4 Å². The zero-order valence-corrected chi connectivity index (χ0v) is 18.7. The molecular weight excluding hydrogens is 430 g/mol. The van der Waals surface area contributed by atoms with E-state index in [2.05, 4.69) is 10.0 Å². The van der Waals surface area contributed by atoms with Crippen LogP contribution in [-0.2, 0) is 16.6 Å². The molecule has 0 aliphatic heterocycles. The molecule has 32 heavy (non-hydrogen) atoms. The quantitative estimate of drug-likeness (QED) is 0.556. The number of carbonyl (C=O) groups is 1. The molecule has 0 spiro atoms. The number of hydrogen-bond donors (Lipinski definition) is 2. The van der Waals surface area contributed by atoms with Crippen LogP contribution in [0.25, 0.3) is 0 Å². The number of furan rings is 1. The highest BCUT2D eigenvalue weighted by molar-refractivity contribution is 7.89. The minimum Gasteiger partial charge on any atom is -0.484 e. The summed E-state index contributed by atoms with van der Waals surface area (Å²) in [6.07, 6.45) is 0. The Labute approximate surface area is 186 Å². The standard InChI is InChI=1S/C23H23N3O5S/c1-23(2,3)26-32(28,29)19-9-6-8-17(13-19)25-22(27)21-12-11-18(31-21)15-30-20-10-5-4-7-16(20)14-24/h4-13,26H,15H2,1-3H3,(H,25,27). The van der Waals surface area contributed by atoms with E-state index in [9.17, 15) is 13.2 Å². The average Bonchev–Trinajstić information content (AvgIpc) is 3.20. The maximum absolute atomic E-state index is 12.5. The topological polar surface area (TPSA) is 121 Å². The van der Waals surface area contributed by atoms with E-state index in [4.69, 9.17) is 14.4 Å². The number of nitrogens with one attached hydrogen (secondary N) is 2. The van der Waals surface area contributed by atoms with Crippen LogP contribution in [0.3, 0.4) is 0 Å². The summed E-state index contributed by atoms with van der Waals surface area (Å²) in [4.78, 5) is 12.6. The first-order valence-electron chi connectivity index (χ1n) is 9.73. The van der Waals surface area contributed by atoms with Crippen LogP contribution in [0.5, 0.6) is 5.75 Å². The summed E-state index contributed by atoms with van der Waals surface area (Å²) >= 11 is 0. The van der Waals surface area contributed by atoms with Gasteiger partial charge in [-0.3, -0.25) is 4.79 Å². The van der Waals surface area contributed by atoms with Gasteiger partial charge in [0.25, 0.3) is 5.91 Å². The van der Waals surface area contributed by atoms with Crippen molar-refractivity contribution in [3.05, 3.63) is 77.7 Å². The lowest BCUT2D eigenvalue weighted by Gasteiger charge is -2.20. The largest absolute Gasteiger partial charge is 0.484 e. The van der Waals surface area contributed by atoms with E-state index in [1.54, 1.807) is 63.2 Å². The Hall–Kier alpha value is -3.61. The Bertz CT molecular complexity index is 1270. The SMILES string of the molecule is CC(C)(C)NS(=O)(=O)c1cccc(NC(=O)c2ccc(COc3ccccc3C#N)o2)c1. The number of ether oxygens (including phenoxy) is 1. The molecule has 3 aromatic rings. The van der Waals surface area contributed by atoms with Gasteiger partial charge in [-0.05, 0) is 63.2 Å². The summed E-state index contributed by atoms with van der Waals surface area (Å²) in [5.41, 5.74) is 0.0649. The molecule has 3 rings (SSSR count). The lowest BCUT2D eigenvalue weighted by Crippen LogP contribution is -2.40. The third-order valence-electron chi connectivity index (χ3n) is 4.11. The Morgan fingerprint density at radius 1 is 1.09 bits per heavy atom.